The average Bonchev–Trinajstić information content (AvgIpc) is 1.65. The van der Waals surface area contributed by atoms with Gasteiger partial charge in [0.1, 0.15) is 0 Å². The van der Waals surface area contributed by atoms with Crippen LogP contribution in [0, 0.1) is 28.1 Å². The van der Waals surface area contributed by atoms with Gasteiger partial charge in [0.25, 0.3) is 0 Å². The highest BCUT2D eigenvalue weighted by molar-refractivity contribution is 5.71. The van der Waals surface area contributed by atoms with Crippen molar-refractivity contribution in [3.63, 3.8) is 0 Å². The quantitative estimate of drug-likeness (QED) is 0.270. The maximum Gasteiger partial charge on any atom is 0.183 e. The molecule has 0 unspecified atom stereocenters. The van der Waals surface area contributed by atoms with E-state index in [1.54, 1.807) is 0 Å². The smallest absolute Gasteiger partial charge is 0.183 e. The molecule has 0 radical (unpaired) electrons. The summed E-state index contributed by atoms with van der Waals surface area (Å²) in [6.07, 6.45) is 0. The van der Waals surface area contributed by atoms with Gasteiger partial charge in [-0.1, -0.05) is 0 Å². The van der Waals surface area contributed by atoms with Gasteiger partial charge in [-0.05, 0) is 0 Å². The molecule has 42 valence electrons. The van der Waals surface area contributed by atoms with Crippen LogP contribution in [0.4, 0.5) is 0 Å². The van der Waals surface area contributed by atoms with E-state index in [0.717, 1.165) is 0 Å². The second-order valence-corrected chi connectivity index (χ2v) is 0.679. The summed E-state index contributed by atoms with van der Waals surface area (Å²) in [5.74, 6) is -0.333. The van der Waals surface area contributed by atoms with Gasteiger partial charge in [-0.2, -0.15) is 10.5 Å². The van der Waals surface area contributed by atoms with E-state index >= 15 is 0 Å². The Morgan fingerprint density at radius 3 is 1.38 bits per heavy atom. The third-order valence-corrected chi connectivity index (χ3v) is 0.0500. The number of nitrogens with two attached hydrogens (primary N) is 2. The molecular weight excluding hydrogens is 106 g/mol. The van der Waals surface area contributed by atoms with E-state index in [1.807, 2.05) is 0 Å². The van der Waals surface area contributed by atoms with Crippen LogP contribution < -0.4 is 11.5 Å². The highest BCUT2D eigenvalue weighted by atomic mass is 14.9. The lowest BCUT2D eigenvalue weighted by atomic mass is 10.9. The molecule has 0 aromatic rings. The maximum atomic E-state index is 7.26. The molecule has 5 N–H and O–H groups in total. The Labute approximate surface area is 46.6 Å². The molecule has 5 nitrogen and oxygen atoms in total. The lowest BCUT2D eigenvalue weighted by molar-refractivity contribution is 1.39. The molecule has 0 saturated heterocycles. The number of hydrogen-bond acceptors (Lipinski definition) is 3. The van der Waals surface area contributed by atoms with E-state index in [0.29, 0.717) is 0 Å². The first-order valence-corrected chi connectivity index (χ1v) is 1.52. The molecular formula is C3H5N5. The van der Waals surface area contributed by atoms with Gasteiger partial charge in [0.15, 0.2) is 18.1 Å². The van der Waals surface area contributed by atoms with Crippen molar-refractivity contribution in [3.8, 4) is 12.1 Å². The minimum absolute atomic E-state index is 0.333. The van der Waals surface area contributed by atoms with E-state index in [9.17, 15) is 0 Å². The molecule has 0 spiro atoms. The van der Waals surface area contributed by atoms with E-state index in [4.69, 9.17) is 15.9 Å². The summed E-state index contributed by atoms with van der Waals surface area (Å²) in [5.41, 5.74) is 8.94. The molecule has 0 aliphatic heterocycles. The van der Waals surface area contributed by atoms with Crippen LogP contribution in [-0.2, 0) is 0 Å². The van der Waals surface area contributed by atoms with E-state index in [-0.39, 0.29) is 5.96 Å². The van der Waals surface area contributed by atoms with Crippen molar-refractivity contribution in [1.82, 2.24) is 0 Å². The van der Waals surface area contributed by atoms with Crippen molar-refractivity contribution in [2.24, 2.45) is 11.5 Å². The number of guanidine groups is 1. The molecule has 0 bridgehead atoms. The lowest BCUT2D eigenvalue weighted by Crippen LogP contribution is -2.20. The molecule has 0 atom stereocenters. The van der Waals surface area contributed by atoms with Crippen molar-refractivity contribution >= 4 is 5.96 Å². The van der Waals surface area contributed by atoms with Gasteiger partial charge in [-0.25, -0.2) is 0 Å². The Morgan fingerprint density at radius 1 is 1.25 bits per heavy atom. The predicted octanol–water partition coefficient (Wildman–Crippen LogP) is -1.13. The fourth-order valence-electron chi connectivity index (χ4n) is 0. The normalized spacial score (nSPS) is 4.25. The Kier molecular flexibility index (Phi) is 10.7. The molecule has 5 heteroatoms. The molecule has 0 saturated carbocycles. The number of nitriles is 2. The lowest BCUT2D eigenvalue weighted by Gasteiger charge is -1.69. The van der Waals surface area contributed by atoms with Crippen LogP contribution in [0.1, 0.15) is 0 Å². The highest BCUT2D eigenvalue weighted by Crippen LogP contribution is 1.27. The Hall–Kier alpha value is -1.75. The highest BCUT2D eigenvalue weighted by Gasteiger charge is 1.52. The summed E-state index contributed by atoms with van der Waals surface area (Å²) in [6.45, 7) is 0. The fraction of sp³-hybridized carbons (Fsp3) is 0. The average molecular weight is 111 g/mol. The van der Waals surface area contributed by atoms with Crippen LogP contribution in [0.5, 0.6) is 0 Å². The maximum absolute atomic E-state index is 7.26. The van der Waals surface area contributed by atoms with Crippen molar-refractivity contribution in [1.29, 1.82) is 15.9 Å². The van der Waals surface area contributed by atoms with Crippen LogP contribution in [0.25, 0.3) is 0 Å². The van der Waals surface area contributed by atoms with Crippen molar-refractivity contribution in [2.45, 2.75) is 0 Å². The number of rotatable bonds is 0. The van der Waals surface area contributed by atoms with Crippen LogP contribution in [0.2, 0.25) is 0 Å². The standard InChI is InChI=1S/C2N2.CH5N3/c3-1-2-4;2-1(3)4/h;(H5,2,3,4). The SMILES string of the molecule is N#CC#N.N=C(N)N. The predicted molar refractivity (Wildman–Crippen MR) is 27.3 cm³/mol. The molecule has 0 rings (SSSR count). The van der Waals surface area contributed by atoms with Crippen molar-refractivity contribution < 1.29 is 0 Å². The van der Waals surface area contributed by atoms with Crippen LogP contribution in [0.15, 0.2) is 0 Å². The zero-order valence-electron chi connectivity index (χ0n) is 4.05. The minimum Gasteiger partial charge on any atom is -0.370 e. The molecule has 0 aromatic heterocycles. The van der Waals surface area contributed by atoms with Gasteiger partial charge in [-0.15, -0.1) is 0 Å². The van der Waals surface area contributed by atoms with Crippen molar-refractivity contribution in [2.75, 3.05) is 0 Å². The number of nitrogens with zero attached hydrogens (tertiary/aromatic N) is 2. The Bertz CT molecular complexity index is 119. The molecule has 8 heavy (non-hydrogen) atoms. The molecule has 0 aromatic carbocycles. The first-order chi connectivity index (χ1) is 3.65. The topological polar surface area (TPSA) is 123 Å². The summed E-state index contributed by atoms with van der Waals surface area (Å²) in [4.78, 5) is 0. The monoisotopic (exact) mass is 111 g/mol. The van der Waals surface area contributed by atoms with Crippen LogP contribution in [-0.4, -0.2) is 5.96 Å². The summed E-state index contributed by atoms with van der Waals surface area (Å²) < 4.78 is 0. The Balaban J connectivity index is 0. The first kappa shape index (κ1) is 9.54. The fourth-order valence-corrected chi connectivity index (χ4v) is 0. The van der Waals surface area contributed by atoms with Gasteiger partial charge < -0.3 is 11.5 Å². The molecule has 0 amide bonds. The van der Waals surface area contributed by atoms with E-state index in [2.05, 4.69) is 11.5 Å². The number of hydrogen-bond donors (Lipinski definition) is 3. The molecule has 0 aliphatic carbocycles. The summed E-state index contributed by atoms with van der Waals surface area (Å²) in [5, 5.41) is 20.6. The zero-order valence-corrected chi connectivity index (χ0v) is 4.05. The van der Waals surface area contributed by atoms with Gasteiger partial charge in [-0.3, -0.25) is 5.41 Å². The summed E-state index contributed by atoms with van der Waals surface area (Å²) in [6, 6.07) is 2.47. The third kappa shape index (κ3) is 79.8. The van der Waals surface area contributed by atoms with Gasteiger partial charge in [0, 0.05) is 0 Å². The van der Waals surface area contributed by atoms with Gasteiger partial charge >= 0.3 is 0 Å². The van der Waals surface area contributed by atoms with Crippen LogP contribution in [0.3, 0.4) is 0 Å². The van der Waals surface area contributed by atoms with Gasteiger partial charge in [0.2, 0.25) is 0 Å². The van der Waals surface area contributed by atoms with E-state index in [1.165, 1.54) is 12.1 Å². The molecule has 0 fully saturated rings. The summed E-state index contributed by atoms with van der Waals surface area (Å²) >= 11 is 0. The summed E-state index contributed by atoms with van der Waals surface area (Å²) in [7, 11) is 0. The third-order valence-electron chi connectivity index (χ3n) is 0.0500. The first-order valence-electron chi connectivity index (χ1n) is 1.52. The van der Waals surface area contributed by atoms with Crippen molar-refractivity contribution in [3.05, 3.63) is 0 Å². The second-order valence-electron chi connectivity index (χ2n) is 0.679. The minimum atomic E-state index is -0.333. The van der Waals surface area contributed by atoms with E-state index < -0.39 is 0 Å². The number of nitrogens with one attached hydrogen (secondary N) is 1. The second kappa shape index (κ2) is 8.98. The zero-order chi connectivity index (χ0) is 6.99. The van der Waals surface area contributed by atoms with Gasteiger partial charge in [0.05, 0.1) is 0 Å². The molecule has 0 aliphatic rings. The van der Waals surface area contributed by atoms with Crippen LogP contribution >= 0.6 is 0 Å². The largest absolute Gasteiger partial charge is 0.370 e. The Morgan fingerprint density at radius 2 is 1.38 bits per heavy atom. The molecule has 0 heterocycles.